The van der Waals surface area contributed by atoms with Gasteiger partial charge in [-0.1, -0.05) is 6.42 Å². The van der Waals surface area contributed by atoms with Gasteiger partial charge in [-0.3, -0.25) is 4.79 Å². The van der Waals surface area contributed by atoms with E-state index in [2.05, 4.69) is 10.6 Å². The van der Waals surface area contributed by atoms with E-state index in [4.69, 9.17) is 4.74 Å². The molecule has 1 amide bonds. The SMILES string of the molecule is O=C(COC1CCNCC1)NCC1CCC1. The number of carbonyl (C=O) groups is 1. The highest BCUT2D eigenvalue weighted by Gasteiger charge is 2.18. The van der Waals surface area contributed by atoms with Gasteiger partial charge in [-0.15, -0.1) is 0 Å². The number of hydrogen-bond acceptors (Lipinski definition) is 3. The maximum atomic E-state index is 11.5. The normalized spacial score (nSPS) is 22.8. The van der Waals surface area contributed by atoms with Gasteiger partial charge in [0.1, 0.15) is 6.61 Å². The van der Waals surface area contributed by atoms with E-state index in [1.165, 1.54) is 19.3 Å². The number of nitrogens with one attached hydrogen (secondary N) is 2. The first-order chi connectivity index (χ1) is 7.84. The van der Waals surface area contributed by atoms with Crippen LogP contribution in [0.1, 0.15) is 32.1 Å². The Labute approximate surface area is 97.1 Å². The summed E-state index contributed by atoms with van der Waals surface area (Å²) in [6.07, 6.45) is 6.19. The lowest BCUT2D eigenvalue weighted by Gasteiger charge is -2.26. The fourth-order valence-electron chi connectivity index (χ4n) is 2.16. The van der Waals surface area contributed by atoms with Crippen molar-refractivity contribution in [2.45, 2.75) is 38.2 Å². The summed E-state index contributed by atoms with van der Waals surface area (Å²) in [6, 6.07) is 0. The van der Waals surface area contributed by atoms with Crippen LogP contribution in [0.3, 0.4) is 0 Å². The molecule has 0 aromatic rings. The van der Waals surface area contributed by atoms with Crippen molar-refractivity contribution in [2.24, 2.45) is 5.92 Å². The van der Waals surface area contributed by atoms with Gasteiger partial charge in [0.05, 0.1) is 6.10 Å². The number of rotatable bonds is 5. The van der Waals surface area contributed by atoms with Crippen molar-refractivity contribution in [1.82, 2.24) is 10.6 Å². The molecule has 2 aliphatic rings. The fourth-order valence-corrected chi connectivity index (χ4v) is 2.16. The van der Waals surface area contributed by atoms with Crippen LogP contribution in [0.2, 0.25) is 0 Å². The van der Waals surface area contributed by atoms with Gasteiger partial charge in [-0.25, -0.2) is 0 Å². The van der Waals surface area contributed by atoms with Gasteiger partial charge in [-0.05, 0) is 44.7 Å². The molecule has 2 N–H and O–H groups in total. The highest BCUT2D eigenvalue weighted by molar-refractivity contribution is 5.77. The Morgan fingerprint density at radius 1 is 1.25 bits per heavy atom. The zero-order valence-electron chi connectivity index (χ0n) is 9.84. The number of piperidine rings is 1. The van der Waals surface area contributed by atoms with E-state index < -0.39 is 0 Å². The minimum Gasteiger partial charge on any atom is -0.368 e. The van der Waals surface area contributed by atoms with E-state index in [0.29, 0.717) is 0 Å². The molecule has 1 saturated carbocycles. The Kier molecular flexibility index (Phi) is 4.60. The molecule has 0 spiro atoms. The summed E-state index contributed by atoms with van der Waals surface area (Å²) in [7, 11) is 0. The molecule has 1 saturated heterocycles. The van der Waals surface area contributed by atoms with E-state index >= 15 is 0 Å². The standard InChI is InChI=1S/C12H22N2O2/c15-12(14-8-10-2-1-3-10)9-16-11-4-6-13-7-5-11/h10-11,13H,1-9H2,(H,14,15). The van der Waals surface area contributed by atoms with Crippen molar-refractivity contribution in [3.63, 3.8) is 0 Å². The first-order valence-corrected chi connectivity index (χ1v) is 6.43. The molecule has 0 radical (unpaired) electrons. The lowest BCUT2D eigenvalue weighted by Crippen LogP contribution is -2.37. The highest BCUT2D eigenvalue weighted by Crippen LogP contribution is 2.25. The van der Waals surface area contributed by atoms with Gasteiger partial charge in [0.2, 0.25) is 5.91 Å². The van der Waals surface area contributed by atoms with Crippen LogP contribution in [-0.2, 0) is 9.53 Å². The molecule has 0 atom stereocenters. The highest BCUT2D eigenvalue weighted by atomic mass is 16.5. The zero-order valence-corrected chi connectivity index (χ0v) is 9.84. The van der Waals surface area contributed by atoms with Gasteiger partial charge < -0.3 is 15.4 Å². The van der Waals surface area contributed by atoms with Crippen LogP contribution in [0.4, 0.5) is 0 Å². The molecular weight excluding hydrogens is 204 g/mol. The van der Waals surface area contributed by atoms with Gasteiger partial charge >= 0.3 is 0 Å². The quantitative estimate of drug-likeness (QED) is 0.724. The molecule has 4 heteroatoms. The van der Waals surface area contributed by atoms with E-state index in [9.17, 15) is 4.79 Å². The summed E-state index contributed by atoms with van der Waals surface area (Å²) in [6.45, 7) is 3.09. The lowest BCUT2D eigenvalue weighted by atomic mass is 9.85. The monoisotopic (exact) mass is 226 g/mol. The number of carbonyl (C=O) groups excluding carboxylic acids is 1. The predicted molar refractivity (Wildman–Crippen MR) is 62.2 cm³/mol. The van der Waals surface area contributed by atoms with Crippen LogP contribution in [0.15, 0.2) is 0 Å². The average molecular weight is 226 g/mol. The number of hydrogen-bond donors (Lipinski definition) is 2. The maximum absolute atomic E-state index is 11.5. The van der Waals surface area contributed by atoms with Gasteiger partial charge in [0.15, 0.2) is 0 Å². The van der Waals surface area contributed by atoms with E-state index in [1.807, 2.05) is 0 Å². The second-order valence-electron chi connectivity index (χ2n) is 4.86. The summed E-state index contributed by atoms with van der Waals surface area (Å²) in [5.41, 5.74) is 0. The van der Waals surface area contributed by atoms with Crippen molar-refractivity contribution >= 4 is 5.91 Å². The van der Waals surface area contributed by atoms with Crippen molar-refractivity contribution in [3.05, 3.63) is 0 Å². The molecule has 0 aromatic heterocycles. The van der Waals surface area contributed by atoms with Crippen LogP contribution >= 0.6 is 0 Å². The Bertz CT molecular complexity index is 223. The second kappa shape index (κ2) is 6.21. The van der Waals surface area contributed by atoms with E-state index in [-0.39, 0.29) is 18.6 Å². The molecule has 0 unspecified atom stereocenters. The smallest absolute Gasteiger partial charge is 0.246 e. The Balaban J connectivity index is 1.52. The van der Waals surface area contributed by atoms with Gasteiger partial charge in [0, 0.05) is 6.54 Å². The van der Waals surface area contributed by atoms with Crippen LogP contribution in [-0.4, -0.2) is 38.3 Å². The first-order valence-electron chi connectivity index (χ1n) is 6.43. The average Bonchev–Trinajstić information content (AvgIpc) is 2.26. The second-order valence-corrected chi connectivity index (χ2v) is 4.86. The van der Waals surface area contributed by atoms with Crippen LogP contribution in [0, 0.1) is 5.92 Å². The third-order valence-corrected chi connectivity index (χ3v) is 3.55. The summed E-state index contributed by atoms with van der Waals surface area (Å²) < 4.78 is 5.58. The van der Waals surface area contributed by atoms with Crippen LogP contribution in [0.5, 0.6) is 0 Å². The molecule has 1 aliphatic heterocycles. The molecule has 1 heterocycles. The van der Waals surface area contributed by atoms with Crippen molar-refractivity contribution in [2.75, 3.05) is 26.2 Å². The Morgan fingerprint density at radius 3 is 2.62 bits per heavy atom. The minimum atomic E-state index is 0.0467. The first kappa shape index (κ1) is 11.9. The molecule has 16 heavy (non-hydrogen) atoms. The number of amides is 1. The summed E-state index contributed by atoms with van der Waals surface area (Å²) in [5.74, 6) is 0.772. The van der Waals surface area contributed by atoms with Crippen molar-refractivity contribution in [3.8, 4) is 0 Å². The van der Waals surface area contributed by atoms with Gasteiger partial charge in [0.25, 0.3) is 0 Å². The molecule has 2 fully saturated rings. The number of ether oxygens (including phenoxy) is 1. The fraction of sp³-hybridized carbons (Fsp3) is 0.917. The van der Waals surface area contributed by atoms with Crippen LogP contribution in [0.25, 0.3) is 0 Å². The van der Waals surface area contributed by atoms with E-state index in [1.54, 1.807) is 0 Å². The summed E-state index contributed by atoms with van der Waals surface area (Å²) >= 11 is 0. The van der Waals surface area contributed by atoms with Crippen molar-refractivity contribution in [1.29, 1.82) is 0 Å². The Morgan fingerprint density at radius 2 is 2.00 bits per heavy atom. The zero-order chi connectivity index (χ0) is 11.2. The predicted octanol–water partition coefficient (Wildman–Crippen LogP) is 0.671. The summed E-state index contributed by atoms with van der Waals surface area (Å²) in [4.78, 5) is 11.5. The molecule has 0 bridgehead atoms. The topological polar surface area (TPSA) is 50.4 Å². The third-order valence-electron chi connectivity index (χ3n) is 3.55. The van der Waals surface area contributed by atoms with Crippen LogP contribution < -0.4 is 10.6 Å². The largest absolute Gasteiger partial charge is 0.368 e. The molecular formula is C12H22N2O2. The molecule has 0 aromatic carbocycles. The minimum absolute atomic E-state index is 0.0467. The van der Waals surface area contributed by atoms with E-state index in [0.717, 1.165) is 38.4 Å². The van der Waals surface area contributed by atoms with Gasteiger partial charge in [-0.2, -0.15) is 0 Å². The summed E-state index contributed by atoms with van der Waals surface area (Å²) in [5, 5.41) is 6.22. The van der Waals surface area contributed by atoms with Crippen molar-refractivity contribution < 1.29 is 9.53 Å². The molecule has 2 rings (SSSR count). The molecule has 92 valence electrons. The Hall–Kier alpha value is -0.610. The maximum Gasteiger partial charge on any atom is 0.246 e. The molecule has 1 aliphatic carbocycles. The lowest BCUT2D eigenvalue weighted by molar-refractivity contribution is -0.128. The molecule has 4 nitrogen and oxygen atoms in total. The third kappa shape index (κ3) is 3.76.